The molecule has 0 aromatic heterocycles. The molecule has 2 heterocycles. The molecule has 0 saturated carbocycles. The highest BCUT2D eigenvalue weighted by molar-refractivity contribution is 6.01. The zero-order valence-electron chi connectivity index (χ0n) is 18.6. The number of nitrogens with zero attached hydrogens (tertiary/aromatic N) is 3. The Morgan fingerprint density at radius 2 is 1.81 bits per heavy atom. The van der Waals surface area contributed by atoms with E-state index >= 15 is 0 Å². The Labute approximate surface area is 188 Å². The predicted molar refractivity (Wildman–Crippen MR) is 120 cm³/mol. The second-order valence-corrected chi connectivity index (χ2v) is 8.40. The van der Waals surface area contributed by atoms with Gasteiger partial charge in [-0.25, -0.2) is 0 Å². The lowest BCUT2D eigenvalue weighted by molar-refractivity contribution is -0.160. The number of rotatable bonds is 6. The van der Waals surface area contributed by atoms with Gasteiger partial charge in [0.05, 0.1) is 13.2 Å². The SMILES string of the molecule is COCCN1CCN2C(=O)[C@H](Cc3ccccc3)N(C(=O)c3cccc(C)c3)C[C@H]2C1=O. The molecule has 0 bridgehead atoms. The highest BCUT2D eigenvalue weighted by Crippen LogP contribution is 2.26. The largest absolute Gasteiger partial charge is 0.383 e. The molecule has 2 saturated heterocycles. The van der Waals surface area contributed by atoms with Crippen LogP contribution in [0.3, 0.4) is 0 Å². The van der Waals surface area contributed by atoms with Crippen LogP contribution in [0.25, 0.3) is 0 Å². The molecule has 2 aromatic carbocycles. The number of fused-ring (bicyclic) bond motifs is 1. The molecule has 2 aliphatic rings. The molecule has 7 heteroatoms. The summed E-state index contributed by atoms with van der Waals surface area (Å²) in [7, 11) is 1.60. The van der Waals surface area contributed by atoms with E-state index in [4.69, 9.17) is 4.74 Å². The fourth-order valence-corrected chi connectivity index (χ4v) is 4.54. The zero-order valence-corrected chi connectivity index (χ0v) is 18.6. The highest BCUT2D eigenvalue weighted by Gasteiger charge is 2.48. The van der Waals surface area contributed by atoms with Gasteiger partial charge < -0.3 is 19.4 Å². The van der Waals surface area contributed by atoms with Gasteiger partial charge in [0.25, 0.3) is 5.91 Å². The maximum atomic E-state index is 13.6. The van der Waals surface area contributed by atoms with Gasteiger partial charge in [0.2, 0.25) is 11.8 Å². The minimum atomic E-state index is -0.658. The van der Waals surface area contributed by atoms with Gasteiger partial charge in [-0.3, -0.25) is 14.4 Å². The number of piperazine rings is 2. The number of aryl methyl sites for hydroxylation is 1. The van der Waals surface area contributed by atoms with Crippen molar-refractivity contribution in [2.75, 3.05) is 39.9 Å². The van der Waals surface area contributed by atoms with Gasteiger partial charge in [-0.05, 0) is 24.6 Å². The second kappa shape index (κ2) is 9.53. The summed E-state index contributed by atoms with van der Waals surface area (Å²) in [6.45, 7) is 3.99. The average molecular weight is 436 g/mol. The number of methoxy groups -OCH3 is 1. The van der Waals surface area contributed by atoms with Crippen molar-refractivity contribution >= 4 is 17.7 Å². The fraction of sp³-hybridized carbons (Fsp3) is 0.400. The van der Waals surface area contributed by atoms with Gasteiger partial charge in [-0.2, -0.15) is 0 Å². The Morgan fingerprint density at radius 1 is 1.03 bits per heavy atom. The molecular formula is C25H29N3O4. The van der Waals surface area contributed by atoms with Gasteiger partial charge in [-0.1, -0.05) is 48.0 Å². The summed E-state index contributed by atoms with van der Waals surface area (Å²) < 4.78 is 5.12. The molecule has 0 N–H and O–H groups in total. The van der Waals surface area contributed by atoms with Crippen LogP contribution in [0.5, 0.6) is 0 Å². The predicted octanol–water partition coefficient (Wildman–Crippen LogP) is 1.75. The van der Waals surface area contributed by atoms with E-state index in [0.29, 0.717) is 38.2 Å². The number of carbonyl (C=O) groups excluding carboxylic acids is 3. The van der Waals surface area contributed by atoms with Gasteiger partial charge in [0.1, 0.15) is 12.1 Å². The fourth-order valence-electron chi connectivity index (χ4n) is 4.54. The number of ether oxygens (including phenoxy) is 1. The lowest BCUT2D eigenvalue weighted by Crippen LogP contribution is -2.70. The first kappa shape index (κ1) is 22.0. The van der Waals surface area contributed by atoms with Crippen LogP contribution in [0, 0.1) is 6.92 Å². The van der Waals surface area contributed by atoms with E-state index in [1.807, 2.05) is 55.5 Å². The first-order chi connectivity index (χ1) is 15.5. The van der Waals surface area contributed by atoms with Gasteiger partial charge >= 0.3 is 0 Å². The van der Waals surface area contributed by atoms with Crippen LogP contribution in [0.4, 0.5) is 0 Å². The summed E-state index contributed by atoms with van der Waals surface area (Å²) >= 11 is 0. The van der Waals surface area contributed by atoms with E-state index in [1.165, 1.54) is 0 Å². The van der Waals surface area contributed by atoms with Crippen molar-refractivity contribution in [2.24, 2.45) is 0 Å². The minimum Gasteiger partial charge on any atom is -0.383 e. The summed E-state index contributed by atoms with van der Waals surface area (Å²) in [6, 6.07) is 15.8. The number of hydrogen-bond acceptors (Lipinski definition) is 4. The molecule has 2 aromatic rings. The molecule has 0 spiro atoms. The summed E-state index contributed by atoms with van der Waals surface area (Å²) in [4.78, 5) is 45.3. The minimum absolute atomic E-state index is 0.123. The van der Waals surface area contributed by atoms with Crippen LogP contribution in [0.1, 0.15) is 21.5 Å². The average Bonchev–Trinajstić information content (AvgIpc) is 2.80. The van der Waals surface area contributed by atoms with Crippen LogP contribution in [0.2, 0.25) is 0 Å². The van der Waals surface area contributed by atoms with Gasteiger partial charge in [0.15, 0.2) is 0 Å². The number of hydrogen-bond donors (Lipinski definition) is 0. The summed E-state index contributed by atoms with van der Waals surface area (Å²) in [5, 5.41) is 0. The van der Waals surface area contributed by atoms with Crippen LogP contribution in [-0.2, 0) is 20.7 Å². The molecule has 0 aliphatic carbocycles. The van der Waals surface area contributed by atoms with Gasteiger partial charge in [0, 0.05) is 38.7 Å². The van der Waals surface area contributed by atoms with Gasteiger partial charge in [-0.15, -0.1) is 0 Å². The molecule has 3 amide bonds. The van der Waals surface area contributed by atoms with E-state index in [2.05, 4.69) is 0 Å². The Balaban J connectivity index is 1.65. The van der Waals surface area contributed by atoms with Crippen molar-refractivity contribution in [3.63, 3.8) is 0 Å². The highest BCUT2D eigenvalue weighted by atomic mass is 16.5. The summed E-state index contributed by atoms with van der Waals surface area (Å²) in [5.74, 6) is -0.503. The summed E-state index contributed by atoms with van der Waals surface area (Å²) in [5.41, 5.74) is 2.49. The van der Waals surface area contributed by atoms with Crippen molar-refractivity contribution in [3.05, 3.63) is 71.3 Å². The topological polar surface area (TPSA) is 70.2 Å². The number of amides is 3. The van der Waals surface area contributed by atoms with Crippen LogP contribution >= 0.6 is 0 Å². The molecule has 2 fully saturated rings. The Kier molecular flexibility index (Phi) is 6.55. The quantitative estimate of drug-likeness (QED) is 0.693. The first-order valence-corrected chi connectivity index (χ1v) is 11.0. The van der Waals surface area contributed by atoms with Crippen LogP contribution in [-0.4, -0.2) is 84.4 Å². The standard InChI is InChI=1S/C25H29N3O4/c1-18-7-6-10-20(15-18)23(29)28-17-22-24(30)26(13-14-32-2)11-12-27(22)25(31)21(28)16-19-8-4-3-5-9-19/h3-10,15,21-22H,11-14,16-17H2,1-2H3/t21-,22-/m0/s1. The molecular weight excluding hydrogens is 406 g/mol. The molecule has 4 rings (SSSR count). The number of benzene rings is 2. The van der Waals surface area contributed by atoms with E-state index in [-0.39, 0.29) is 24.3 Å². The normalized spacial score (nSPS) is 21.0. The molecule has 32 heavy (non-hydrogen) atoms. The van der Waals surface area contributed by atoms with Crippen molar-refractivity contribution in [1.29, 1.82) is 0 Å². The molecule has 2 atom stereocenters. The molecule has 2 aliphatic heterocycles. The van der Waals surface area contributed by atoms with Crippen molar-refractivity contribution in [2.45, 2.75) is 25.4 Å². The van der Waals surface area contributed by atoms with E-state index in [9.17, 15) is 14.4 Å². The van der Waals surface area contributed by atoms with Crippen molar-refractivity contribution in [3.8, 4) is 0 Å². The lowest BCUT2D eigenvalue weighted by Gasteiger charge is -2.49. The first-order valence-electron chi connectivity index (χ1n) is 11.0. The maximum absolute atomic E-state index is 13.6. The molecule has 168 valence electrons. The Morgan fingerprint density at radius 3 is 2.53 bits per heavy atom. The lowest BCUT2D eigenvalue weighted by atomic mass is 9.95. The van der Waals surface area contributed by atoms with Crippen LogP contribution in [0.15, 0.2) is 54.6 Å². The third-order valence-corrected chi connectivity index (χ3v) is 6.26. The third kappa shape index (κ3) is 4.39. The van der Waals surface area contributed by atoms with E-state index < -0.39 is 12.1 Å². The Hall–Kier alpha value is -3.19. The summed E-state index contributed by atoms with van der Waals surface area (Å²) in [6.07, 6.45) is 0.419. The van der Waals surface area contributed by atoms with Crippen molar-refractivity contribution < 1.29 is 19.1 Å². The van der Waals surface area contributed by atoms with E-state index in [0.717, 1.165) is 11.1 Å². The molecule has 7 nitrogen and oxygen atoms in total. The van der Waals surface area contributed by atoms with E-state index in [1.54, 1.807) is 27.9 Å². The third-order valence-electron chi connectivity index (χ3n) is 6.26. The smallest absolute Gasteiger partial charge is 0.254 e. The Bertz CT molecular complexity index is 994. The second-order valence-electron chi connectivity index (χ2n) is 8.40. The van der Waals surface area contributed by atoms with Crippen molar-refractivity contribution in [1.82, 2.24) is 14.7 Å². The molecule has 0 unspecified atom stereocenters. The van der Waals surface area contributed by atoms with Crippen LogP contribution < -0.4 is 0 Å². The number of carbonyl (C=O) groups is 3. The molecule has 0 radical (unpaired) electrons. The zero-order chi connectivity index (χ0) is 22.7. The monoisotopic (exact) mass is 435 g/mol. The maximum Gasteiger partial charge on any atom is 0.254 e.